The predicted octanol–water partition coefficient (Wildman–Crippen LogP) is 1.79. The number of nitrogens with zero attached hydrogens (tertiary/aromatic N) is 1. The highest BCUT2D eigenvalue weighted by molar-refractivity contribution is 5.67. The molecular weight excluding hydrogens is 258 g/mol. The van der Waals surface area contributed by atoms with E-state index in [0.29, 0.717) is 19.5 Å². The van der Waals surface area contributed by atoms with Crippen molar-refractivity contribution in [3.63, 3.8) is 0 Å². The van der Waals surface area contributed by atoms with Crippen LogP contribution in [0.5, 0.6) is 0 Å². The lowest BCUT2D eigenvalue weighted by Crippen LogP contribution is -2.49. The lowest BCUT2D eigenvalue weighted by Gasteiger charge is -2.35. The highest BCUT2D eigenvalue weighted by Crippen LogP contribution is 2.15. The molecule has 1 saturated heterocycles. The molecule has 2 unspecified atom stereocenters. The molecular formula is C15H21NO4. The summed E-state index contributed by atoms with van der Waals surface area (Å²) in [6, 6.07) is 9.59. The molecule has 1 fully saturated rings. The van der Waals surface area contributed by atoms with Gasteiger partial charge in [0.15, 0.2) is 0 Å². The van der Waals surface area contributed by atoms with Crippen LogP contribution in [0.25, 0.3) is 0 Å². The zero-order chi connectivity index (χ0) is 14.4. The average molecular weight is 279 g/mol. The predicted molar refractivity (Wildman–Crippen MR) is 74.2 cm³/mol. The second-order valence-electron chi connectivity index (χ2n) is 5.03. The van der Waals surface area contributed by atoms with Crippen LogP contribution in [0.3, 0.4) is 0 Å². The van der Waals surface area contributed by atoms with Crippen LogP contribution in [0.4, 0.5) is 4.79 Å². The summed E-state index contributed by atoms with van der Waals surface area (Å²) in [5, 5.41) is 8.97. The lowest BCUT2D eigenvalue weighted by molar-refractivity contribution is -0.0796. The van der Waals surface area contributed by atoms with Crippen LogP contribution in [0.1, 0.15) is 18.9 Å². The lowest BCUT2D eigenvalue weighted by atomic mass is 10.2. The zero-order valence-electron chi connectivity index (χ0n) is 11.7. The number of aliphatic hydroxyl groups is 1. The zero-order valence-corrected chi connectivity index (χ0v) is 11.7. The maximum absolute atomic E-state index is 12.1. The first-order chi connectivity index (χ1) is 9.69. The van der Waals surface area contributed by atoms with Gasteiger partial charge in [-0.1, -0.05) is 30.3 Å². The molecule has 1 aromatic rings. The van der Waals surface area contributed by atoms with Gasteiger partial charge >= 0.3 is 6.09 Å². The van der Waals surface area contributed by atoms with Gasteiger partial charge in [-0.2, -0.15) is 0 Å². The minimum absolute atomic E-state index is 0.0374. The molecule has 0 spiro atoms. The number of aliphatic hydroxyl groups excluding tert-OH is 1. The van der Waals surface area contributed by atoms with Crippen molar-refractivity contribution in [3.05, 3.63) is 35.9 Å². The van der Waals surface area contributed by atoms with E-state index in [9.17, 15) is 4.79 Å². The standard InChI is InChI=1S/C15H21NO4/c1-12-9-16(10-14(20-12)7-8-17)15(18)19-11-13-5-3-2-4-6-13/h2-6,12,14,17H,7-11H2,1H3. The van der Waals surface area contributed by atoms with Crippen molar-refractivity contribution in [2.75, 3.05) is 19.7 Å². The van der Waals surface area contributed by atoms with Gasteiger partial charge in [0, 0.05) is 6.61 Å². The Balaban J connectivity index is 1.85. The van der Waals surface area contributed by atoms with E-state index in [2.05, 4.69) is 0 Å². The number of rotatable bonds is 4. The molecule has 0 aromatic heterocycles. The highest BCUT2D eigenvalue weighted by Gasteiger charge is 2.28. The molecule has 20 heavy (non-hydrogen) atoms. The smallest absolute Gasteiger partial charge is 0.410 e. The van der Waals surface area contributed by atoms with Crippen LogP contribution < -0.4 is 0 Å². The summed E-state index contributed by atoms with van der Waals surface area (Å²) in [5.41, 5.74) is 0.967. The molecule has 1 aliphatic rings. The minimum Gasteiger partial charge on any atom is -0.445 e. The van der Waals surface area contributed by atoms with Crippen molar-refractivity contribution >= 4 is 6.09 Å². The summed E-state index contributed by atoms with van der Waals surface area (Å²) in [7, 11) is 0. The summed E-state index contributed by atoms with van der Waals surface area (Å²) in [6.07, 6.45) is 0.0526. The Morgan fingerprint density at radius 1 is 1.40 bits per heavy atom. The molecule has 1 amide bonds. The molecule has 0 radical (unpaired) electrons. The third-order valence-corrected chi connectivity index (χ3v) is 3.24. The van der Waals surface area contributed by atoms with Gasteiger partial charge in [-0.25, -0.2) is 4.79 Å². The fourth-order valence-electron chi connectivity index (χ4n) is 2.31. The summed E-state index contributed by atoms with van der Waals surface area (Å²) >= 11 is 0. The van der Waals surface area contributed by atoms with Crippen molar-refractivity contribution in [2.24, 2.45) is 0 Å². The van der Waals surface area contributed by atoms with Crippen LogP contribution >= 0.6 is 0 Å². The Kier molecular flexibility index (Phi) is 5.38. The van der Waals surface area contributed by atoms with Crippen molar-refractivity contribution in [1.29, 1.82) is 0 Å². The maximum Gasteiger partial charge on any atom is 0.410 e. The van der Waals surface area contributed by atoms with Crippen molar-refractivity contribution in [2.45, 2.75) is 32.2 Å². The van der Waals surface area contributed by atoms with Crippen LogP contribution in [-0.4, -0.2) is 48.0 Å². The quantitative estimate of drug-likeness (QED) is 0.913. The number of ether oxygens (including phenoxy) is 2. The molecule has 0 bridgehead atoms. The highest BCUT2D eigenvalue weighted by atomic mass is 16.6. The van der Waals surface area contributed by atoms with E-state index < -0.39 is 0 Å². The van der Waals surface area contributed by atoms with Gasteiger partial charge in [0.25, 0.3) is 0 Å². The number of hydrogen-bond acceptors (Lipinski definition) is 4. The van der Waals surface area contributed by atoms with Crippen LogP contribution in [-0.2, 0) is 16.1 Å². The number of carbonyl (C=O) groups is 1. The molecule has 5 nitrogen and oxygen atoms in total. The molecule has 2 rings (SSSR count). The molecule has 2 atom stereocenters. The second-order valence-corrected chi connectivity index (χ2v) is 5.03. The Labute approximate surface area is 119 Å². The van der Waals surface area contributed by atoms with Gasteiger partial charge in [-0.15, -0.1) is 0 Å². The first kappa shape index (κ1) is 14.8. The third-order valence-electron chi connectivity index (χ3n) is 3.24. The van der Waals surface area contributed by atoms with E-state index in [1.165, 1.54) is 0 Å². The number of morpholine rings is 1. The number of amides is 1. The third kappa shape index (κ3) is 4.21. The van der Waals surface area contributed by atoms with Crippen molar-refractivity contribution in [3.8, 4) is 0 Å². The van der Waals surface area contributed by atoms with E-state index >= 15 is 0 Å². The van der Waals surface area contributed by atoms with E-state index in [1.54, 1.807) is 4.90 Å². The summed E-state index contributed by atoms with van der Waals surface area (Å²) in [6.45, 7) is 3.25. The van der Waals surface area contributed by atoms with Gasteiger partial charge in [-0.05, 0) is 18.9 Å². The molecule has 1 aliphatic heterocycles. The molecule has 1 N–H and O–H groups in total. The largest absolute Gasteiger partial charge is 0.445 e. The molecule has 0 saturated carbocycles. The van der Waals surface area contributed by atoms with Gasteiger partial charge in [-0.3, -0.25) is 0 Å². The Hall–Kier alpha value is -1.59. The van der Waals surface area contributed by atoms with E-state index in [4.69, 9.17) is 14.6 Å². The summed E-state index contributed by atoms with van der Waals surface area (Å²) < 4.78 is 11.0. The fourth-order valence-corrected chi connectivity index (χ4v) is 2.31. The Bertz CT molecular complexity index is 423. The number of carbonyl (C=O) groups excluding carboxylic acids is 1. The van der Waals surface area contributed by atoms with Crippen LogP contribution in [0, 0.1) is 0 Å². The average Bonchev–Trinajstić information content (AvgIpc) is 2.45. The van der Waals surface area contributed by atoms with E-state index in [1.807, 2.05) is 37.3 Å². The SMILES string of the molecule is CC1CN(C(=O)OCc2ccccc2)CC(CCO)O1. The van der Waals surface area contributed by atoms with Crippen molar-refractivity contribution in [1.82, 2.24) is 4.90 Å². The Morgan fingerprint density at radius 3 is 2.85 bits per heavy atom. The minimum atomic E-state index is -0.327. The second kappa shape index (κ2) is 7.26. The molecule has 1 aromatic carbocycles. The Morgan fingerprint density at radius 2 is 2.15 bits per heavy atom. The summed E-state index contributed by atoms with van der Waals surface area (Å²) in [4.78, 5) is 13.7. The monoisotopic (exact) mass is 279 g/mol. The summed E-state index contributed by atoms with van der Waals surface area (Å²) in [5.74, 6) is 0. The number of hydrogen-bond donors (Lipinski definition) is 1. The van der Waals surface area contributed by atoms with Gasteiger partial charge in [0.05, 0.1) is 25.3 Å². The molecule has 5 heteroatoms. The van der Waals surface area contributed by atoms with Gasteiger partial charge < -0.3 is 19.5 Å². The normalized spacial score (nSPS) is 22.6. The van der Waals surface area contributed by atoms with Crippen LogP contribution in [0.2, 0.25) is 0 Å². The first-order valence-corrected chi connectivity index (χ1v) is 6.91. The number of benzene rings is 1. The van der Waals surface area contributed by atoms with E-state index in [0.717, 1.165) is 5.56 Å². The topological polar surface area (TPSA) is 59.0 Å². The van der Waals surface area contributed by atoms with Gasteiger partial charge in [0.2, 0.25) is 0 Å². The van der Waals surface area contributed by atoms with Crippen molar-refractivity contribution < 1.29 is 19.4 Å². The van der Waals surface area contributed by atoms with Gasteiger partial charge in [0.1, 0.15) is 6.61 Å². The van der Waals surface area contributed by atoms with E-state index in [-0.39, 0.29) is 31.5 Å². The molecule has 110 valence electrons. The molecule has 0 aliphatic carbocycles. The fraction of sp³-hybridized carbons (Fsp3) is 0.533. The first-order valence-electron chi connectivity index (χ1n) is 6.91. The maximum atomic E-state index is 12.1. The van der Waals surface area contributed by atoms with Crippen LogP contribution in [0.15, 0.2) is 30.3 Å². The molecule has 1 heterocycles.